The van der Waals surface area contributed by atoms with Gasteiger partial charge in [0.15, 0.2) is 0 Å². The third kappa shape index (κ3) is 4.41. The standard InChI is InChI=1S/C24H27ClN2O3/c1-3-29-22-16-19-14-17(2)30-23(19)15-18(22)8-9-24(28)27-12-10-26(11-13-27)21-7-5-4-6-20(21)25/h4-9,15-17H,3,10-14H2,1-2H3/b9-8+/t17-/m1/s1. The molecule has 0 unspecified atom stereocenters. The largest absolute Gasteiger partial charge is 0.493 e. The lowest BCUT2D eigenvalue weighted by Gasteiger charge is -2.36. The fourth-order valence-corrected chi connectivity index (χ4v) is 4.26. The normalized spacial score (nSPS) is 18.4. The Balaban J connectivity index is 1.42. The summed E-state index contributed by atoms with van der Waals surface area (Å²) < 4.78 is 11.7. The molecule has 0 spiro atoms. The molecule has 30 heavy (non-hydrogen) atoms. The molecule has 1 amide bonds. The van der Waals surface area contributed by atoms with E-state index in [1.807, 2.05) is 54.3 Å². The predicted molar refractivity (Wildman–Crippen MR) is 121 cm³/mol. The maximum absolute atomic E-state index is 12.8. The molecule has 1 atom stereocenters. The Labute approximate surface area is 182 Å². The molecule has 2 aromatic rings. The first kappa shape index (κ1) is 20.6. The van der Waals surface area contributed by atoms with Crippen molar-refractivity contribution in [3.63, 3.8) is 0 Å². The Hall–Kier alpha value is -2.66. The summed E-state index contributed by atoms with van der Waals surface area (Å²) >= 11 is 6.31. The average molecular weight is 427 g/mol. The Morgan fingerprint density at radius 2 is 2.00 bits per heavy atom. The number of halogens is 1. The Morgan fingerprint density at radius 3 is 2.73 bits per heavy atom. The van der Waals surface area contributed by atoms with Crippen LogP contribution in [0.15, 0.2) is 42.5 Å². The number of benzene rings is 2. The number of para-hydroxylation sites is 1. The fraction of sp³-hybridized carbons (Fsp3) is 0.375. The van der Waals surface area contributed by atoms with Gasteiger partial charge in [0.2, 0.25) is 5.91 Å². The second-order valence-corrected chi connectivity index (χ2v) is 8.07. The third-order valence-electron chi connectivity index (χ3n) is 5.52. The van der Waals surface area contributed by atoms with E-state index in [1.165, 1.54) is 0 Å². The SMILES string of the molecule is CCOc1cc2c(cc1/C=C/C(=O)N1CCN(c3ccccc3Cl)CC1)O[C@H](C)C2. The van der Waals surface area contributed by atoms with Crippen LogP contribution in [0.4, 0.5) is 5.69 Å². The van der Waals surface area contributed by atoms with Crippen molar-refractivity contribution in [3.8, 4) is 11.5 Å². The first-order valence-corrected chi connectivity index (χ1v) is 10.9. The van der Waals surface area contributed by atoms with Crippen LogP contribution in [0.1, 0.15) is 25.0 Å². The highest BCUT2D eigenvalue weighted by Gasteiger charge is 2.23. The van der Waals surface area contributed by atoms with Crippen molar-refractivity contribution in [2.75, 3.05) is 37.7 Å². The van der Waals surface area contributed by atoms with Gasteiger partial charge in [-0.3, -0.25) is 4.79 Å². The van der Waals surface area contributed by atoms with Crippen LogP contribution in [0.5, 0.6) is 11.5 Å². The number of fused-ring (bicyclic) bond motifs is 1. The van der Waals surface area contributed by atoms with Crippen LogP contribution in [-0.4, -0.2) is 49.7 Å². The highest BCUT2D eigenvalue weighted by Crippen LogP contribution is 2.35. The summed E-state index contributed by atoms with van der Waals surface area (Å²) in [5, 5.41) is 0.744. The van der Waals surface area contributed by atoms with Gasteiger partial charge in [-0.1, -0.05) is 23.7 Å². The second-order valence-electron chi connectivity index (χ2n) is 7.66. The van der Waals surface area contributed by atoms with E-state index in [0.29, 0.717) is 19.7 Å². The van der Waals surface area contributed by atoms with E-state index in [2.05, 4.69) is 11.8 Å². The number of nitrogens with zero attached hydrogens (tertiary/aromatic N) is 2. The lowest BCUT2D eigenvalue weighted by molar-refractivity contribution is -0.126. The molecule has 0 radical (unpaired) electrons. The van der Waals surface area contributed by atoms with E-state index in [0.717, 1.165) is 52.8 Å². The smallest absolute Gasteiger partial charge is 0.246 e. The van der Waals surface area contributed by atoms with Crippen LogP contribution < -0.4 is 14.4 Å². The lowest BCUT2D eigenvalue weighted by atomic mass is 10.1. The molecule has 158 valence electrons. The summed E-state index contributed by atoms with van der Waals surface area (Å²) in [6, 6.07) is 11.8. The van der Waals surface area contributed by atoms with Crippen LogP contribution in [0.25, 0.3) is 6.08 Å². The van der Waals surface area contributed by atoms with Gasteiger partial charge in [-0.2, -0.15) is 0 Å². The van der Waals surface area contributed by atoms with Gasteiger partial charge in [0, 0.05) is 49.8 Å². The number of amides is 1. The summed E-state index contributed by atoms with van der Waals surface area (Å²) in [6.07, 6.45) is 4.52. The van der Waals surface area contributed by atoms with E-state index in [1.54, 1.807) is 6.08 Å². The number of hydrogen-bond donors (Lipinski definition) is 0. The minimum atomic E-state index is 0.00559. The molecule has 0 aliphatic carbocycles. The first-order valence-electron chi connectivity index (χ1n) is 10.5. The number of rotatable bonds is 5. The molecule has 2 aromatic carbocycles. The number of piperazine rings is 1. The Morgan fingerprint density at radius 1 is 1.23 bits per heavy atom. The minimum Gasteiger partial charge on any atom is -0.493 e. The number of carbonyl (C=O) groups excluding carboxylic acids is 1. The maximum Gasteiger partial charge on any atom is 0.246 e. The summed E-state index contributed by atoms with van der Waals surface area (Å²) in [4.78, 5) is 16.9. The quantitative estimate of drug-likeness (QED) is 0.663. The van der Waals surface area contributed by atoms with Gasteiger partial charge >= 0.3 is 0 Å². The van der Waals surface area contributed by atoms with Gasteiger partial charge in [-0.05, 0) is 44.2 Å². The van der Waals surface area contributed by atoms with Crippen LogP contribution in [0, 0.1) is 0 Å². The number of hydrogen-bond acceptors (Lipinski definition) is 4. The van der Waals surface area contributed by atoms with E-state index in [4.69, 9.17) is 21.1 Å². The molecule has 0 N–H and O–H groups in total. The third-order valence-corrected chi connectivity index (χ3v) is 5.84. The van der Waals surface area contributed by atoms with Crippen LogP contribution in [0.3, 0.4) is 0 Å². The summed E-state index contributed by atoms with van der Waals surface area (Å²) in [5.74, 6) is 1.68. The molecule has 0 saturated carbocycles. The Bertz CT molecular complexity index is 951. The zero-order valence-corrected chi connectivity index (χ0v) is 18.2. The summed E-state index contributed by atoms with van der Waals surface area (Å²) in [5.41, 5.74) is 3.05. The highest BCUT2D eigenvalue weighted by atomic mass is 35.5. The molecular weight excluding hydrogens is 400 g/mol. The molecule has 5 nitrogen and oxygen atoms in total. The first-order chi connectivity index (χ1) is 14.5. The topological polar surface area (TPSA) is 42.0 Å². The van der Waals surface area contributed by atoms with Gasteiger partial charge in [-0.25, -0.2) is 0 Å². The molecule has 2 aliphatic heterocycles. The molecule has 0 aromatic heterocycles. The van der Waals surface area contributed by atoms with Gasteiger partial charge in [-0.15, -0.1) is 0 Å². The van der Waals surface area contributed by atoms with Gasteiger partial charge in [0.05, 0.1) is 17.3 Å². The van der Waals surface area contributed by atoms with E-state index in [-0.39, 0.29) is 12.0 Å². The van der Waals surface area contributed by atoms with E-state index >= 15 is 0 Å². The Kier molecular flexibility index (Phi) is 6.18. The number of anilines is 1. The van der Waals surface area contributed by atoms with Gasteiger partial charge in [0.1, 0.15) is 17.6 Å². The minimum absolute atomic E-state index is 0.00559. The van der Waals surface area contributed by atoms with Crippen molar-refractivity contribution in [1.82, 2.24) is 4.90 Å². The maximum atomic E-state index is 12.8. The molecule has 4 rings (SSSR count). The van der Waals surface area contributed by atoms with Crippen molar-refractivity contribution in [2.24, 2.45) is 0 Å². The fourth-order valence-electron chi connectivity index (χ4n) is 4.01. The molecule has 0 bridgehead atoms. The zero-order chi connectivity index (χ0) is 21.1. The van der Waals surface area contributed by atoms with Gasteiger partial charge in [0.25, 0.3) is 0 Å². The molecule has 6 heteroatoms. The molecule has 1 fully saturated rings. The molecular formula is C24H27ClN2O3. The summed E-state index contributed by atoms with van der Waals surface area (Å²) in [7, 11) is 0. The van der Waals surface area contributed by atoms with Crippen LogP contribution in [0.2, 0.25) is 5.02 Å². The van der Waals surface area contributed by atoms with Crippen molar-refractivity contribution in [3.05, 3.63) is 58.6 Å². The molecule has 2 heterocycles. The van der Waals surface area contributed by atoms with Gasteiger partial charge < -0.3 is 19.3 Å². The van der Waals surface area contributed by atoms with Crippen LogP contribution >= 0.6 is 11.6 Å². The van der Waals surface area contributed by atoms with Crippen molar-refractivity contribution in [2.45, 2.75) is 26.4 Å². The van der Waals surface area contributed by atoms with E-state index in [9.17, 15) is 4.79 Å². The molecule has 1 saturated heterocycles. The lowest BCUT2D eigenvalue weighted by Crippen LogP contribution is -2.48. The second kappa shape index (κ2) is 9.00. The zero-order valence-electron chi connectivity index (χ0n) is 17.4. The monoisotopic (exact) mass is 426 g/mol. The van der Waals surface area contributed by atoms with Crippen molar-refractivity contribution >= 4 is 29.3 Å². The van der Waals surface area contributed by atoms with Crippen LogP contribution in [-0.2, 0) is 11.2 Å². The number of ether oxygens (including phenoxy) is 2. The number of carbonyl (C=O) groups is 1. The highest BCUT2D eigenvalue weighted by molar-refractivity contribution is 6.33. The van der Waals surface area contributed by atoms with E-state index < -0.39 is 0 Å². The summed E-state index contributed by atoms with van der Waals surface area (Å²) in [6.45, 7) is 7.45. The molecule has 2 aliphatic rings. The average Bonchev–Trinajstić information content (AvgIpc) is 3.11. The van der Waals surface area contributed by atoms with Crippen molar-refractivity contribution in [1.29, 1.82) is 0 Å². The predicted octanol–water partition coefficient (Wildman–Crippen LogP) is 4.42. The van der Waals surface area contributed by atoms with Crippen molar-refractivity contribution < 1.29 is 14.3 Å².